The van der Waals surface area contributed by atoms with Gasteiger partial charge in [0, 0.05) is 38.8 Å². The highest BCUT2D eigenvalue weighted by Crippen LogP contribution is 2.53. The second-order valence-corrected chi connectivity index (χ2v) is 7.96. The number of pyridine rings is 1. The maximum atomic E-state index is 14.0. The molecule has 27 heavy (non-hydrogen) atoms. The van der Waals surface area contributed by atoms with Gasteiger partial charge in [-0.25, -0.2) is 9.37 Å². The molecule has 4 rings (SSSR count). The van der Waals surface area contributed by atoms with E-state index in [1.165, 1.54) is 18.3 Å². The molecule has 1 spiro atoms. The lowest BCUT2D eigenvalue weighted by Crippen LogP contribution is -2.42. The van der Waals surface area contributed by atoms with Crippen molar-refractivity contribution in [2.75, 3.05) is 39.4 Å². The number of nitrogens with zero attached hydrogens (tertiary/aromatic N) is 3. The van der Waals surface area contributed by atoms with Crippen molar-refractivity contribution in [1.82, 2.24) is 14.8 Å². The Morgan fingerprint density at radius 2 is 2.04 bits per heavy atom. The van der Waals surface area contributed by atoms with Crippen LogP contribution in [0.1, 0.15) is 42.6 Å². The first kappa shape index (κ1) is 18.3. The van der Waals surface area contributed by atoms with Crippen LogP contribution in [0.25, 0.3) is 0 Å². The third kappa shape index (κ3) is 3.57. The fourth-order valence-corrected chi connectivity index (χ4v) is 4.74. The zero-order chi connectivity index (χ0) is 18.9. The minimum atomic E-state index is -0.573. The molecule has 2 aliphatic heterocycles. The van der Waals surface area contributed by atoms with Crippen LogP contribution in [0, 0.1) is 17.2 Å². The van der Waals surface area contributed by atoms with Crippen molar-refractivity contribution in [1.29, 1.82) is 0 Å². The quantitative estimate of drug-likeness (QED) is 0.809. The smallest absolute Gasteiger partial charge is 0.275 e. The molecule has 0 aromatic carbocycles. The summed E-state index contributed by atoms with van der Waals surface area (Å²) in [5, 5.41) is 0. The number of halogens is 1. The number of hydrogen-bond donors (Lipinski definition) is 0. The number of hydrogen-bond acceptors (Lipinski definition) is 4. The van der Waals surface area contributed by atoms with Crippen molar-refractivity contribution in [3.8, 4) is 0 Å². The second-order valence-electron chi connectivity index (χ2n) is 7.96. The fraction of sp³-hybridized carbons (Fsp3) is 0.650. The molecule has 6 nitrogen and oxygen atoms in total. The molecule has 1 atom stereocenters. The molecule has 3 aliphatic rings. The summed E-state index contributed by atoms with van der Waals surface area (Å²) in [6.45, 7) is 3.79. The van der Waals surface area contributed by atoms with Gasteiger partial charge in [0.2, 0.25) is 5.91 Å². The third-order valence-electron chi connectivity index (χ3n) is 6.48. The van der Waals surface area contributed by atoms with E-state index in [1.54, 1.807) is 4.90 Å². The Balaban J connectivity index is 1.40. The number of carbonyl (C=O) groups excluding carboxylic acids is 2. The largest absolute Gasteiger partial charge is 0.378 e. The molecule has 0 bridgehead atoms. The summed E-state index contributed by atoms with van der Waals surface area (Å²) in [5.41, 5.74) is 0.00339. The molecule has 7 heteroatoms. The van der Waals surface area contributed by atoms with Gasteiger partial charge in [0.1, 0.15) is 0 Å². The number of rotatable bonds is 4. The first-order valence-electron chi connectivity index (χ1n) is 9.84. The molecule has 1 saturated carbocycles. The fourth-order valence-electron chi connectivity index (χ4n) is 4.74. The van der Waals surface area contributed by atoms with Crippen LogP contribution >= 0.6 is 0 Å². The van der Waals surface area contributed by atoms with Gasteiger partial charge >= 0.3 is 0 Å². The van der Waals surface area contributed by atoms with Crippen LogP contribution in [0.15, 0.2) is 18.3 Å². The van der Waals surface area contributed by atoms with Crippen molar-refractivity contribution in [3.05, 3.63) is 29.8 Å². The van der Waals surface area contributed by atoms with Crippen molar-refractivity contribution in [2.24, 2.45) is 11.3 Å². The van der Waals surface area contributed by atoms with Gasteiger partial charge in [0.05, 0.1) is 13.2 Å². The number of likely N-dealkylation sites (tertiary alicyclic amines) is 1. The molecule has 2 amide bonds. The predicted molar refractivity (Wildman–Crippen MR) is 96.5 cm³/mol. The van der Waals surface area contributed by atoms with Crippen LogP contribution in [-0.4, -0.2) is 66.0 Å². The Hall–Kier alpha value is -2.02. The number of amides is 2. The SMILES string of the molecule is O=C(CCC1CN(C(=O)c2ncccc2F)CC12CCC2)N1CCOCC1. The van der Waals surface area contributed by atoms with Gasteiger partial charge in [0.25, 0.3) is 5.91 Å². The van der Waals surface area contributed by atoms with Crippen LogP contribution in [0.5, 0.6) is 0 Å². The normalized spacial score (nSPS) is 24.1. The van der Waals surface area contributed by atoms with Gasteiger partial charge in [-0.3, -0.25) is 9.59 Å². The Labute approximate surface area is 158 Å². The van der Waals surface area contributed by atoms with E-state index >= 15 is 0 Å². The molecule has 1 unspecified atom stereocenters. The zero-order valence-corrected chi connectivity index (χ0v) is 15.5. The van der Waals surface area contributed by atoms with E-state index in [1.807, 2.05) is 4.90 Å². The van der Waals surface area contributed by atoms with Gasteiger partial charge in [-0.1, -0.05) is 6.42 Å². The van der Waals surface area contributed by atoms with E-state index < -0.39 is 5.82 Å². The summed E-state index contributed by atoms with van der Waals surface area (Å²) < 4.78 is 19.3. The molecule has 1 aromatic rings. The summed E-state index contributed by atoms with van der Waals surface area (Å²) in [4.78, 5) is 32.8. The summed E-state index contributed by atoms with van der Waals surface area (Å²) in [5.74, 6) is -0.433. The van der Waals surface area contributed by atoms with E-state index in [4.69, 9.17) is 4.74 Å². The minimum Gasteiger partial charge on any atom is -0.378 e. The molecule has 3 heterocycles. The van der Waals surface area contributed by atoms with Crippen molar-refractivity contribution in [2.45, 2.75) is 32.1 Å². The van der Waals surface area contributed by atoms with E-state index in [2.05, 4.69) is 4.98 Å². The monoisotopic (exact) mass is 375 g/mol. The lowest BCUT2D eigenvalue weighted by atomic mass is 9.62. The summed E-state index contributed by atoms with van der Waals surface area (Å²) >= 11 is 0. The van der Waals surface area contributed by atoms with Crippen LogP contribution in [0.4, 0.5) is 4.39 Å². The van der Waals surface area contributed by atoms with Gasteiger partial charge in [-0.05, 0) is 42.7 Å². The average molecular weight is 375 g/mol. The summed E-state index contributed by atoms with van der Waals surface area (Å²) in [6, 6.07) is 2.76. The maximum absolute atomic E-state index is 14.0. The first-order valence-corrected chi connectivity index (χ1v) is 9.84. The standard InChI is InChI=1S/C20H26FN3O3/c21-16-3-1-8-22-18(16)19(26)24-13-15(20(14-24)6-2-7-20)4-5-17(25)23-9-11-27-12-10-23/h1,3,8,15H,2,4-7,9-14H2. The molecule has 1 aromatic heterocycles. The molecule has 2 saturated heterocycles. The van der Waals surface area contributed by atoms with E-state index in [9.17, 15) is 14.0 Å². The minimum absolute atomic E-state index is 0.1000. The van der Waals surface area contributed by atoms with Crippen molar-refractivity contribution in [3.63, 3.8) is 0 Å². The van der Waals surface area contributed by atoms with Crippen molar-refractivity contribution >= 4 is 11.8 Å². The first-order chi connectivity index (χ1) is 13.1. The predicted octanol–water partition coefficient (Wildman–Crippen LogP) is 2.10. The van der Waals surface area contributed by atoms with E-state index in [0.29, 0.717) is 51.7 Å². The molecular weight excluding hydrogens is 349 g/mol. The average Bonchev–Trinajstić information content (AvgIpc) is 3.07. The topological polar surface area (TPSA) is 62.7 Å². The number of morpholine rings is 1. The molecule has 146 valence electrons. The number of ether oxygens (including phenoxy) is 1. The Morgan fingerprint density at radius 1 is 1.26 bits per heavy atom. The molecule has 0 radical (unpaired) electrons. The number of aromatic nitrogens is 1. The van der Waals surface area contributed by atoms with E-state index in [-0.39, 0.29) is 22.9 Å². The molecule has 3 fully saturated rings. The van der Waals surface area contributed by atoms with Gasteiger partial charge in [-0.15, -0.1) is 0 Å². The highest BCUT2D eigenvalue weighted by molar-refractivity contribution is 5.92. The van der Waals surface area contributed by atoms with Crippen LogP contribution < -0.4 is 0 Å². The van der Waals surface area contributed by atoms with Gasteiger partial charge in [-0.2, -0.15) is 0 Å². The van der Waals surface area contributed by atoms with Gasteiger partial charge in [0.15, 0.2) is 11.5 Å². The van der Waals surface area contributed by atoms with Gasteiger partial charge < -0.3 is 14.5 Å². The highest BCUT2D eigenvalue weighted by atomic mass is 19.1. The summed E-state index contributed by atoms with van der Waals surface area (Å²) in [7, 11) is 0. The lowest BCUT2D eigenvalue weighted by molar-refractivity contribution is -0.135. The maximum Gasteiger partial charge on any atom is 0.275 e. The second kappa shape index (κ2) is 7.54. The lowest BCUT2D eigenvalue weighted by Gasteiger charge is -2.43. The molecule has 0 N–H and O–H groups in total. The zero-order valence-electron chi connectivity index (χ0n) is 15.5. The third-order valence-corrected chi connectivity index (χ3v) is 6.48. The van der Waals surface area contributed by atoms with Crippen LogP contribution in [0.3, 0.4) is 0 Å². The summed E-state index contributed by atoms with van der Waals surface area (Å²) in [6.07, 6.45) is 6.06. The number of carbonyl (C=O) groups is 2. The Morgan fingerprint density at radius 3 is 2.70 bits per heavy atom. The molecular formula is C20H26FN3O3. The van der Waals surface area contributed by atoms with Crippen LogP contribution in [-0.2, 0) is 9.53 Å². The Bertz CT molecular complexity index is 716. The Kier molecular flexibility index (Phi) is 5.12. The highest BCUT2D eigenvalue weighted by Gasteiger charge is 2.51. The van der Waals surface area contributed by atoms with Crippen molar-refractivity contribution < 1.29 is 18.7 Å². The van der Waals surface area contributed by atoms with E-state index in [0.717, 1.165) is 25.7 Å². The van der Waals surface area contributed by atoms with Crippen LogP contribution in [0.2, 0.25) is 0 Å². The molecule has 1 aliphatic carbocycles.